The summed E-state index contributed by atoms with van der Waals surface area (Å²) in [5, 5.41) is 7.92. The van der Waals surface area contributed by atoms with Gasteiger partial charge in [0.2, 0.25) is 0 Å². The first-order valence-electron chi connectivity index (χ1n) is 3.01. The van der Waals surface area contributed by atoms with Crippen molar-refractivity contribution in [3.05, 3.63) is 32.0 Å². The number of carboxylic acids is 1. The maximum absolute atomic E-state index is 13.0. The van der Waals surface area contributed by atoms with Gasteiger partial charge in [-0.2, -0.15) is 0 Å². The quantitative estimate of drug-likeness (QED) is 0.633. The van der Waals surface area contributed by atoms with Gasteiger partial charge in [0, 0.05) is 4.47 Å². The molecule has 0 saturated carbocycles. The average molecular weight is 288 g/mol. The van der Waals surface area contributed by atoms with Gasteiger partial charge in [-0.3, -0.25) is 0 Å². The number of carbonyl (C=O) groups is 1. The number of rotatable bonds is 1. The van der Waals surface area contributed by atoms with Gasteiger partial charge < -0.3 is 5.11 Å². The minimum atomic E-state index is -1.31. The largest absolute Gasteiger partial charge is 0.478 e. The minimum absolute atomic E-state index is 0.149. The first-order chi connectivity index (χ1) is 5.95. The lowest BCUT2D eigenvalue weighted by atomic mass is 10.2. The van der Waals surface area contributed by atoms with Gasteiger partial charge >= 0.3 is 5.97 Å². The number of halogens is 4. The van der Waals surface area contributed by atoms with E-state index in [-0.39, 0.29) is 15.1 Å². The molecule has 2 nitrogen and oxygen atoms in total. The second-order valence-electron chi connectivity index (χ2n) is 2.15. The highest BCUT2D eigenvalue weighted by atomic mass is 79.9. The van der Waals surface area contributed by atoms with Crippen LogP contribution in [0.15, 0.2) is 10.5 Å². The molecule has 70 valence electrons. The summed E-state index contributed by atoms with van der Waals surface area (Å²) in [4.78, 5) is 10.6. The van der Waals surface area contributed by atoms with E-state index in [0.717, 1.165) is 6.07 Å². The van der Waals surface area contributed by atoms with E-state index in [1.54, 1.807) is 0 Å². The second kappa shape index (κ2) is 3.82. The van der Waals surface area contributed by atoms with Crippen LogP contribution in [0.4, 0.5) is 4.39 Å². The molecule has 0 radical (unpaired) electrons. The summed E-state index contributed by atoms with van der Waals surface area (Å²) in [7, 11) is 0. The summed E-state index contributed by atoms with van der Waals surface area (Å²) in [6.07, 6.45) is 0. The number of hydrogen-bond donors (Lipinski definition) is 1. The van der Waals surface area contributed by atoms with Crippen molar-refractivity contribution in [1.82, 2.24) is 0 Å². The van der Waals surface area contributed by atoms with Crippen molar-refractivity contribution in [1.29, 1.82) is 0 Å². The van der Waals surface area contributed by atoms with Crippen molar-refractivity contribution in [2.75, 3.05) is 0 Å². The lowest BCUT2D eigenvalue weighted by Crippen LogP contribution is -2.01. The lowest BCUT2D eigenvalue weighted by molar-refractivity contribution is 0.0695. The van der Waals surface area contributed by atoms with E-state index >= 15 is 0 Å². The molecule has 0 saturated heterocycles. The molecule has 0 spiro atoms. The Kier molecular flexibility index (Phi) is 3.16. The molecular weight excluding hydrogens is 286 g/mol. The van der Waals surface area contributed by atoms with E-state index in [1.807, 2.05) is 0 Å². The Bertz CT molecular complexity index is 381. The van der Waals surface area contributed by atoms with E-state index in [1.165, 1.54) is 0 Å². The summed E-state index contributed by atoms with van der Waals surface area (Å²) in [6, 6.07) is 1.15. The zero-order chi connectivity index (χ0) is 10.2. The van der Waals surface area contributed by atoms with Crippen molar-refractivity contribution >= 4 is 45.1 Å². The Morgan fingerprint density at radius 1 is 1.54 bits per heavy atom. The van der Waals surface area contributed by atoms with Crippen LogP contribution in [0.25, 0.3) is 0 Å². The Hall–Kier alpha value is -0.320. The van der Waals surface area contributed by atoms with Gasteiger partial charge in [-0.05, 0) is 22.0 Å². The summed E-state index contributed by atoms with van der Waals surface area (Å²) in [5.41, 5.74) is -0.330. The Morgan fingerprint density at radius 2 is 2.08 bits per heavy atom. The van der Waals surface area contributed by atoms with Crippen LogP contribution in [0.5, 0.6) is 0 Å². The highest BCUT2D eigenvalue weighted by Gasteiger charge is 2.19. The van der Waals surface area contributed by atoms with Crippen molar-refractivity contribution in [3.63, 3.8) is 0 Å². The van der Waals surface area contributed by atoms with Gasteiger partial charge in [-0.15, -0.1) is 0 Å². The maximum atomic E-state index is 13.0. The van der Waals surface area contributed by atoms with Crippen molar-refractivity contribution in [2.45, 2.75) is 0 Å². The zero-order valence-electron chi connectivity index (χ0n) is 5.94. The number of hydrogen-bond acceptors (Lipinski definition) is 1. The monoisotopic (exact) mass is 286 g/mol. The average Bonchev–Trinajstić information content (AvgIpc) is 1.99. The second-order valence-corrected chi connectivity index (χ2v) is 3.79. The minimum Gasteiger partial charge on any atom is -0.478 e. The molecule has 1 N–H and O–H groups in total. The third-order valence-corrected chi connectivity index (χ3v) is 2.58. The summed E-state index contributed by atoms with van der Waals surface area (Å²) < 4.78 is 13.1. The fraction of sp³-hybridized carbons (Fsp3) is 0. The van der Waals surface area contributed by atoms with Crippen LogP contribution < -0.4 is 0 Å². The first kappa shape index (κ1) is 10.8. The molecule has 1 rings (SSSR count). The van der Waals surface area contributed by atoms with Crippen molar-refractivity contribution in [3.8, 4) is 0 Å². The van der Waals surface area contributed by atoms with Gasteiger partial charge in [0.25, 0.3) is 0 Å². The van der Waals surface area contributed by atoms with E-state index in [9.17, 15) is 9.18 Å². The van der Waals surface area contributed by atoms with Crippen LogP contribution in [0.2, 0.25) is 10.0 Å². The molecule has 0 aliphatic rings. The molecule has 1 aromatic rings. The van der Waals surface area contributed by atoms with Crippen LogP contribution >= 0.6 is 39.1 Å². The zero-order valence-corrected chi connectivity index (χ0v) is 9.04. The predicted octanol–water partition coefficient (Wildman–Crippen LogP) is 3.59. The van der Waals surface area contributed by atoms with Crippen molar-refractivity contribution < 1.29 is 14.3 Å². The third-order valence-electron chi connectivity index (χ3n) is 1.33. The molecule has 0 bridgehead atoms. The van der Waals surface area contributed by atoms with Gasteiger partial charge in [0.15, 0.2) is 5.82 Å². The first-order valence-corrected chi connectivity index (χ1v) is 4.56. The predicted molar refractivity (Wildman–Crippen MR) is 51.1 cm³/mol. The fourth-order valence-electron chi connectivity index (χ4n) is 0.762. The molecule has 0 aliphatic heterocycles. The van der Waals surface area contributed by atoms with E-state index < -0.39 is 16.8 Å². The van der Waals surface area contributed by atoms with E-state index in [4.69, 9.17) is 28.3 Å². The fourth-order valence-corrected chi connectivity index (χ4v) is 2.14. The maximum Gasteiger partial charge on any atom is 0.338 e. The van der Waals surface area contributed by atoms with Gasteiger partial charge in [0.1, 0.15) is 0 Å². The lowest BCUT2D eigenvalue weighted by Gasteiger charge is -2.04. The topological polar surface area (TPSA) is 37.3 Å². The summed E-state index contributed by atoms with van der Waals surface area (Å²) in [5.74, 6) is -2.24. The Morgan fingerprint density at radius 3 is 2.54 bits per heavy atom. The van der Waals surface area contributed by atoms with Crippen molar-refractivity contribution in [2.24, 2.45) is 0 Å². The molecule has 0 aromatic heterocycles. The standard InChI is InChI=1S/C7H2BrCl2FO2/c8-2-1-3(9)6(11)5(10)4(2)7(12)13/h1H,(H,12,13). The van der Waals surface area contributed by atoms with Crippen LogP contribution in [0, 0.1) is 5.82 Å². The summed E-state index contributed by atoms with van der Waals surface area (Å²) in [6.45, 7) is 0. The van der Waals surface area contributed by atoms with Crippen LogP contribution in [-0.2, 0) is 0 Å². The van der Waals surface area contributed by atoms with Gasteiger partial charge in [-0.1, -0.05) is 23.2 Å². The number of benzene rings is 1. The molecule has 0 heterocycles. The Balaban J connectivity index is 3.53. The molecule has 0 atom stereocenters. The molecule has 6 heteroatoms. The molecule has 0 aliphatic carbocycles. The van der Waals surface area contributed by atoms with E-state index in [2.05, 4.69) is 15.9 Å². The highest BCUT2D eigenvalue weighted by Crippen LogP contribution is 2.32. The molecule has 0 unspecified atom stereocenters. The highest BCUT2D eigenvalue weighted by molar-refractivity contribution is 9.10. The molecule has 1 aromatic carbocycles. The number of aromatic carboxylic acids is 1. The van der Waals surface area contributed by atoms with Gasteiger partial charge in [0.05, 0.1) is 15.6 Å². The van der Waals surface area contributed by atoms with E-state index in [0.29, 0.717) is 0 Å². The molecular formula is C7H2BrCl2FO2. The smallest absolute Gasteiger partial charge is 0.338 e. The number of carboxylic acid groups (broad SMARTS) is 1. The SMILES string of the molecule is O=C(O)c1c(Br)cc(Cl)c(F)c1Cl. The molecule has 0 amide bonds. The van der Waals surface area contributed by atoms with Gasteiger partial charge in [-0.25, -0.2) is 9.18 Å². The molecule has 0 fully saturated rings. The Labute approximate surface area is 91.4 Å². The normalized spacial score (nSPS) is 10.2. The molecule has 13 heavy (non-hydrogen) atoms. The van der Waals surface area contributed by atoms with Crippen LogP contribution in [0.3, 0.4) is 0 Å². The van der Waals surface area contributed by atoms with Crippen LogP contribution in [0.1, 0.15) is 10.4 Å². The summed E-state index contributed by atoms with van der Waals surface area (Å²) >= 11 is 13.8. The van der Waals surface area contributed by atoms with Crippen LogP contribution in [-0.4, -0.2) is 11.1 Å². The third kappa shape index (κ3) is 1.95.